The number of aliphatic carboxylic acids is 1. The van der Waals surface area contributed by atoms with Crippen molar-refractivity contribution < 1.29 is 19.4 Å². The molecule has 0 saturated carbocycles. The second kappa shape index (κ2) is 8.82. The van der Waals surface area contributed by atoms with E-state index < -0.39 is 11.9 Å². The summed E-state index contributed by atoms with van der Waals surface area (Å²) in [5.41, 5.74) is 4.31. The molecule has 1 heterocycles. The first kappa shape index (κ1) is 19.1. The minimum absolute atomic E-state index is 0.108. The molecule has 3 rings (SSSR count). The highest BCUT2D eigenvalue weighted by molar-refractivity contribution is 5.78. The third-order valence-corrected chi connectivity index (χ3v) is 4.92. The maximum Gasteiger partial charge on any atom is 0.308 e. The molecule has 1 aliphatic heterocycles. The number of amides is 1. The molecule has 1 amide bonds. The molecule has 0 saturated heterocycles. The number of carboxylic acids is 1. The molecule has 2 aromatic carbocycles. The van der Waals surface area contributed by atoms with Gasteiger partial charge in [0.2, 0.25) is 5.91 Å². The van der Waals surface area contributed by atoms with Crippen molar-refractivity contribution in [3.63, 3.8) is 0 Å². The first-order valence-corrected chi connectivity index (χ1v) is 9.27. The van der Waals surface area contributed by atoms with Gasteiger partial charge in [-0.25, -0.2) is 0 Å². The fraction of sp³-hybridized carbons (Fsp3) is 0.364. The number of ether oxygens (including phenoxy) is 1. The smallest absolute Gasteiger partial charge is 0.308 e. The van der Waals surface area contributed by atoms with Gasteiger partial charge >= 0.3 is 5.97 Å². The quantitative estimate of drug-likeness (QED) is 0.789. The summed E-state index contributed by atoms with van der Waals surface area (Å²) in [5.74, 6) is -1.75. The summed E-state index contributed by atoms with van der Waals surface area (Å²) in [6.07, 6.45) is 1.18. The van der Waals surface area contributed by atoms with Crippen molar-refractivity contribution >= 4 is 11.9 Å². The number of benzene rings is 2. The van der Waals surface area contributed by atoms with E-state index in [1.165, 1.54) is 5.56 Å². The van der Waals surface area contributed by atoms with Crippen molar-refractivity contribution in [3.8, 4) is 0 Å². The Labute approximate surface area is 159 Å². The first-order chi connectivity index (χ1) is 13.0. The van der Waals surface area contributed by atoms with Crippen LogP contribution in [0.5, 0.6) is 0 Å². The molecule has 1 aliphatic rings. The molecule has 0 radical (unpaired) electrons. The lowest BCUT2D eigenvalue weighted by Crippen LogP contribution is -2.35. The zero-order valence-electron chi connectivity index (χ0n) is 15.5. The van der Waals surface area contributed by atoms with Gasteiger partial charge in [0.1, 0.15) is 0 Å². The fourth-order valence-corrected chi connectivity index (χ4v) is 3.49. The number of hydrogen-bond donors (Lipinski definition) is 2. The summed E-state index contributed by atoms with van der Waals surface area (Å²) >= 11 is 0. The molecular formula is C22H25NO4. The Bertz CT molecular complexity index is 817. The lowest BCUT2D eigenvalue weighted by atomic mass is 9.95. The first-order valence-electron chi connectivity index (χ1n) is 9.27. The van der Waals surface area contributed by atoms with Crippen LogP contribution in [0, 0.1) is 12.8 Å². The van der Waals surface area contributed by atoms with Gasteiger partial charge in [0.15, 0.2) is 0 Å². The molecule has 0 fully saturated rings. The van der Waals surface area contributed by atoms with Crippen molar-refractivity contribution in [1.82, 2.24) is 5.32 Å². The average molecular weight is 367 g/mol. The molecule has 2 aromatic rings. The van der Waals surface area contributed by atoms with Gasteiger partial charge in [0.25, 0.3) is 0 Å². The predicted octanol–water partition coefficient (Wildman–Crippen LogP) is 3.06. The number of nitrogens with one attached hydrogen (secondary N) is 1. The van der Waals surface area contributed by atoms with Crippen molar-refractivity contribution in [3.05, 3.63) is 70.8 Å². The lowest BCUT2D eigenvalue weighted by molar-refractivity contribution is -0.141. The average Bonchev–Trinajstić information content (AvgIpc) is 2.65. The van der Waals surface area contributed by atoms with Gasteiger partial charge in [0, 0.05) is 6.54 Å². The van der Waals surface area contributed by atoms with E-state index in [-0.39, 0.29) is 25.0 Å². The molecule has 2 atom stereocenters. The Kier molecular flexibility index (Phi) is 6.24. The van der Waals surface area contributed by atoms with Crippen LogP contribution in [0.1, 0.15) is 34.8 Å². The van der Waals surface area contributed by atoms with Gasteiger partial charge in [-0.05, 0) is 36.5 Å². The standard InChI is InChI=1S/C22H25NO4/c1-15-5-4-6-16(11-15)12-18(22(25)26)14-23-21(24)13-20-19-8-3-2-7-17(19)9-10-27-20/h2-8,11,18,20H,9-10,12-14H2,1H3,(H,23,24)(H,25,26). The normalized spacial score (nSPS) is 17.0. The van der Waals surface area contributed by atoms with Gasteiger partial charge < -0.3 is 15.2 Å². The second-order valence-corrected chi connectivity index (χ2v) is 7.04. The molecule has 142 valence electrons. The van der Waals surface area contributed by atoms with Crippen LogP contribution in [0.25, 0.3) is 0 Å². The van der Waals surface area contributed by atoms with Crippen LogP contribution in [0.2, 0.25) is 0 Å². The van der Waals surface area contributed by atoms with E-state index in [1.54, 1.807) is 0 Å². The van der Waals surface area contributed by atoms with E-state index in [4.69, 9.17) is 4.74 Å². The highest BCUT2D eigenvalue weighted by Crippen LogP contribution is 2.29. The molecule has 0 spiro atoms. The van der Waals surface area contributed by atoms with E-state index in [0.717, 1.165) is 23.1 Å². The van der Waals surface area contributed by atoms with Gasteiger partial charge in [0.05, 0.1) is 25.0 Å². The molecule has 2 N–H and O–H groups in total. The zero-order valence-corrected chi connectivity index (χ0v) is 15.5. The maximum absolute atomic E-state index is 12.4. The molecule has 2 unspecified atom stereocenters. The highest BCUT2D eigenvalue weighted by atomic mass is 16.5. The number of aryl methyl sites for hydroxylation is 1. The summed E-state index contributed by atoms with van der Waals surface area (Å²) in [6, 6.07) is 15.8. The Morgan fingerprint density at radius 2 is 2.04 bits per heavy atom. The fourth-order valence-electron chi connectivity index (χ4n) is 3.49. The third-order valence-electron chi connectivity index (χ3n) is 4.92. The Morgan fingerprint density at radius 1 is 1.22 bits per heavy atom. The zero-order chi connectivity index (χ0) is 19.2. The van der Waals surface area contributed by atoms with E-state index in [9.17, 15) is 14.7 Å². The number of hydrogen-bond acceptors (Lipinski definition) is 3. The van der Waals surface area contributed by atoms with Crippen LogP contribution >= 0.6 is 0 Å². The Hall–Kier alpha value is -2.66. The topological polar surface area (TPSA) is 75.6 Å². The predicted molar refractivity (Wildman–Crippen MR) is 102 cm³/mol. The summed E-state index contributed by atoms with van der Waals surface area (Å²) < 4.78 is 5.76. The van der Waals surface area contributed by atoms with Crippen LogP contribution in [0.3, 0.4) is 0 Å². The Balaban J connectivity index is 1.56. The molecular weight excluding hydrogens is 342 g/mol. The maximum atomic E-state index is 12.4. The SMILES string of the molecule is Cc1cccc(CC(CNC(=O)CC2OCCc3ccccc32)C(=O)O)c1. The van der Waals surface area contributed by atoms with Gasteiger partial charge in [-0.3, -0.25) is 9.59 Å². The Morgan fingerprint density at radius 3 is 2.81 bits per heavy atom. The number of carbonyl (C=O) groups excluding carboxylic acids is 1. The van der Waals surface area contributed by atoms with E-state index in [2.05, 4.69) is 11.4 Å². The van der Waals surface area contributed by atoms with E-state index in [1.807, 2.05) is 49.4 Å². The van der Waals surface area contributed by atoms with E-state index >= 15 is 0 Å². The molecule has 5 nitrogen and oxygen atoms in total. The summed E-state index contributed by atoms with van der Waals surface area (Å²) in [5, 5.41) is 12.3. The van der Waals surface area contributed by atoms with Crippen LogP contribution in [-0.2, 0) is 27.2 Å². The summed E-state index contributed by atoms with van der Waals surface area (Å²) in [7, 11) is 0. The van der Waals surface area contributed by atoms with Gasteiger partial charge in [-0.1, -0.05) is 54.1 Å². The van der Waals surface area contributed by atoms with Crippen LogP contribution < -0.4 is 5.32 Å². The molecule has 0 bridgehead atoms. The van der Waals surface area contributed by atoms with Crippen LogP contribution in [0.4, 0.5) is 0 Å². The minimum atomic E-state index is -0.906. The van der Waals surface area contributed by atoms with Crippen molar-refractivity contribution in [2.24, 2.45) is 5.92 Å². The number of carbonyl (C=O) groups is 2. The highest BCUT2D eigenvalue weighted by Gasteiger charge is 2.24. The minimum Gasteiger partial charge on any atom is -0.481 e. The van der Waals surface area contributed by atoms with E-state index in [0.29, 0.717) is 13.0 Å². The molecule has 0 aliphatic carbocycles. The second-order valence-electron chi connectivity index (χ2n) is 7.04. The summed E-state index contributed by atoms with van der Waals surface area (Å²) in [6.45, 7) is 2.68. The lowest BCUT2D eigenvalue weighted by Gasteiger charge is -2.25. The summed E-state index contributed by atoms with van der Waals surface area (Å²) in [4.78, 5) is 23.9. The van der Waals surface area contributed by atoms with Gasteiger partial charge in [-0.2, -0.15) is 0 Å². The number of fused-ring (bicyclic) bond motifs is 1. The van der Waals surface area contributed by atoms with Gasteiger partial charge in [-0.15, -0.1) is 0 Å². The van der Waals surface area contributed by atoms with Crippen LogP contribution in [-0.4, -0.2) is 30.1 Å². The van der Waals surface area contributed by atoms with Crippen molar-refractivity contribution in [2.75, 3.05) is 13.2 Å². The molecule has 0 aromatic heterocycles. The monoisotopic (exact) mass is 367 g/mol. The third kappa shape index (κ3) is 5.17. The van der Waals surface area contributed by atoms with Crippen LogP contribution in [0.15, 0.2) is 48.5 Å². The number of carboxylic acid groups (broad SMARTS) is 1. The molecule has 5 heteroatoms. The molecule has 27 heavy (non-hydrogen) atoms. The number of rotatable bonds is 7. The van der Waals surface area contributed by atoms with Crippen molar-refractivity contribution in [2.45, 2.75) is 32.3 Å². The van der Waals surface area contributed by atoms with Crippen molar-refractivity contribution in [1.29, 1.82) is 0 Å². The largest absolute Gasteiger partial charge is 0.481 e.